The molecule has 3 aromatic carbocycles. The van der Waals surface area contributed by atoms with E-state index in [0.717, 1.165) is 34.0 Å². The third-order valence-corrected chi connectivity index (χ3v) is 6.87. The van der Waals surface area contributed by atoms with Crippen LogP contribution in [0.1, 0.15) is 17.3 Å². The fourth-order valence-electron chi connectivity index (χ4n) is 3.54. The number of benzene rings is 3. The summed E-state index contributed by atoms with van der Waals surface area (Å²) in [4.78, 5) is 32.3. The average molecular weight is 538 g/mol. The van der Waals surface area contributed by atoms with Crippen LogP contribution in [-0.4, -0.2) is 46.4 Å². The minimum atomic E-state index is -1.11. The van der Waals surface area contributed by atoms with Crippen LogP contribution in [0.4, 0.5) is 5.69 Å². The topological polar surface area (TPSA) is 114 Å². The van der Waals surface area contributed by atoms with Crippen molar-refractivity contribution in [3.05, 3.63) is 77.3 Å². The number of thioether (sulfide) groups is 1. The quantitative estimate of drug-likeness (QED) is 0.217. The van der Waals surface area contributed by atoms with Crippen LogP contribution in [0.5, 0.6) is 11.5 Å². The number of anilines is 1. The maximum atomic E-state index is 12.9. The highest BCUT2D eigenvalue weighted by molar-refractivity contribution is 8.00. The van der Waals surface area contributed by atoms with Gasteiger partial charge in [-0.25, -0.2) is 9.78 Å². The van der Waals surface area contributed by atoms with Crippen molar-refractivity contribution < 1.29 is 24.2 Å². The van der Waals surface area contributed by atoms with Crippen molar-refractivity contribution in [2.24, 2.45) is 0 Å². The fourth-order valence-corrected chi connectivity index (χ4v) is 4.51. The minimum absolute atomic E-state index is 0.0271. The number of carbonyl (C=O) groups is 2. The lowest BCUT2D eigenvalue weighted by Crippen LogP contribution is -2.23. The largest absolute Gasteiger partial charge is 0.497 e. The normalized spacial score (nSPS) is 11.6. The second kappa shape index (κ2) is 11.4. The first kappa shape index (κ1) is 26.1. The van der Waals surface area contributed by atoms with E-state index in [0.29, 0.717) is 5.16 Å². The van der Waals surface area contributed by atoms with Gasteiger partial charge in [-0.2, -0.15) is 0 Å². The number of hydrogen-bond donors (Lipinski definition) is 3. The Kier molecular flexibility index (Phi) is 8.05. The Morgan fingerprint density at radius 3 is 2.14 bits per heavy atom. The van der Waals surface area contributed by atoms with Crippen molar-refractivity contribution in [3.63, 3.8) is 0 Å². The smallest absolute Gasteiger partial charge is 0.335 e. The number of halogens is 1. The van der Waals surface area contributed by atoms with Gasteiger partial charge in [0, 0.05) is 11.1 Å². The number of imidazole rings is 1. The Hall–Kier alpha value is -3.95. The van der Waals surface area contributed by atoms with Gasteiger partial charge in [0.15, 0.2) is 5.16 Å². The molecule has 0 bridgehead atoms. The Bertz CT molecular complexity index is 1360. The molecule has 1 aromatic heterocycles. The number of rotatable bonds is 9. The van der Waals surface area contributed by atoms with E-state index < -0.39 is 11.2 Å². The lowest BCUT2D eigenvalue weighted by molar-refractivity contribution is -0.115. The number of aromatic amines is 1. The van der Waals surface area contributed by atoms with Gasteiger partial charge in [0.05, 0.1) is 47.1 Å². The zero-order valence-corrected chi connectivity index (χ0v) is 21.8. The number of aromatic nitrogens is 2. The molecular formula is C27H24ClN3O5S. The molecule has 4 rings (SSSR count). The second-order valence-electron chi connectivity index (χ2n) is 7.97. The van der Waals surface area contributed by atoms with Crippen LogP contribution >= 0.6 is 23.4 Å². The summed E-state index contributed by atoms with van der Waals surface area (Å²) in [6.07, 6.45) is 0. The van der Waals surface area contributed by atoms with Gasteiger partial charge in [0.2, 0.25) is 5.91 Å². The van der Waals surface area contributed by atoms with E-state index in [1.165, 1.54) is 30.0 Å². The summed E-state index contributed by atoms with van der Waals surface area (Å²) in [5.74, 6) is 0.0146. The highest BCUT2D eigenvalue weighted by atomic mass is 35.5. The maximum Gasteiger partial charge on any atom is 0.335 e. The molecule has 1 unspecified atom stereocenters. The Morgan fingerprint density at radius 1 is 0.973 bits per heavy atom. The van der Waals surface area contributed by atoms with Crippen molar-refractivity contribution in [2.75, 3.05) is 19.5 Å². The molecule has 0 saturated carbocycles. The van der Waals surface area contributed by atoms with Crippen molar-refractivity contribution in [1.29, 1.82) is 0 Å². The number of methoxy groups -OCH3 is 2. The summed E-state index contributed by atoms with van der Waals surface area (Å²) in [5.41, 5.74) is 3.56. The first-order valence-electron chi connectivity index (χ1n) is 11.2. The molecular weight excluding hydrogens is 514 g/mol. The van der Waals surface area contributed by atoms with Crippen molar-refractivity contribution in [2.45, 2.75) is 17.3 Å². The van der Waals surface area contributed by atoms with Gasteiger partial charge < -0.3 is 24.9 Å². The summed E-state index contributed by atoms with van der Waals surface area (Å²) < 4.78 is 10.6. The van der Waals surface area contributed by atoms with Crippen LogP contribution in [0.25, 0.3) is 22.5 Å². The summed E-state index contributed by atoms with van der Waals surface area (Å²) >= 11 is 7.40. The van der Waals surface area contributed by atoms with Gasteiger partial charge in [-0.15, -0.1) is 0 Å². The number of ether oxygens (including phenoxy) is 2. The molecule has 0 radical (unpaired) electrons. The van der Waals surface area contributed by atoms with Crippen LogP contribution in [0, 0.1) is 0 Å². The predicted octanol–water partition coefficient (Wildman–Crippen LogP) is 6.23. The average Bonchev–Trinajstić information content (AvgIpc) is 3.33. The number of carboxylic acid groups (broad SMARTS) is 1. The van der Waals surface area contributed by atoms with Crippen LogP contribution in [0.3, 0.4) is 0 Å². The van der Waals surface area contributed by atoms with Crippen LogP contribution < -0.4 is 14.8 Å². The molecule has 0 saturated heterocycles. The Morgan fingerprint density at radius 2 is 1.57 bits per heavy atom. The van der Waals surface area contributed by atoms with Gasteiger partial charge in [-0.1, -0.05) is 23.4 Å². The van der Waals surface area contributed by atoms with Gasteiger partial charge in [0.25, 0.3) is 0 Å². The van der Waals surface area contributed by atoms with E-state index >= 15 is 0 Å². The fraction of sp³-hybridized carbons (Fsp3) is 0.148. The molecule has 10 heteroatoms. The molecule has 0 aliphatic heterocycles. The van der Waals surface area contributed by atoms with E-state index in [4.69, 9.17) is 26.1 Å². The molecule has 1 amide bonds. The maximum absolute atomic E-state index is 12.9. The summed E-state index contributed by atoms with van der Waals surface area (Å²) in [6.45, 7) is 1.73. The van der Waals surface area contributed by atoms with E-state index in [-0.39, 0.29) is 22.2 Å². The standard InChI is InChI=1S/C27H24ClN3O5S/c1-15(25(32)29-22-14-18(26(33)34)8-13-21(22)28)37-27-30-23(16-4-9-19(35-2)10-5-16)24(31-27)17-6-11-20(36-3)12-7-17/h4-15H,1-3H3,(H,29,32)(H,30,31)(H,33,34). The van der Waals surface area contributed by atoms with Crippen molar-refractivity contribution in [3.8, 4) is 34.0 Å². The SMILES string of the molecule is COc1ccc(-c2nc(SC(C)C(=O)Nc3cc(C(=O)O)ccc3Cl)[nH]c2-c2ccc(OC)cc2)cc1. The first-order valence-corrected chi connectivity index (χ1v) is 12.4. The van der Waals surface area contributed by atoms with Gasteiger partial charge in [-0.05, 0) is 73.7 Å². The van der Waals surface area contributed by atoms with Gasteiger partial charge in [0.1, 0.15) is 11.5 Å². The number of nitrogens with one attached hydrogen (secondary N) is 2. The molecule has 3 N–H and O–H groups in total. The van der Waals surface area contributed by atoms with Crippen LogP contribution in [0.2, 0.25) is 5.02 Å². The lowest BCUT2D eigenvalue weighted by Gasteiger charge is -2.12. The second-order valence-corrected chi connectivity index (χ2v) is 9.71. The minimum Gasteiger partial charge on any atom is -0.497 e. The van der Waals surface area contributed by atoms with E-state index in [1.807, 2.05) is 48.5 Å². The third kappa shape index (κ3) is 6.07. The van der Waals surface area contributed by atoms with Crippen molar-refractivity contribution in [1.82, 2.24) is 9.97 Å². The monoisotopic (exact) mass is 537 g/mol. The number of hydrogen-bond acceptors (Lipinski definition) is 6. The van der Waals surface area contributed by atoms with E-state index in [9.17, 15) is 14.7 Å². The zero-order valence-electron chi connectivity index (χ0n) is 20.2. The Labute approximate surface area is 223 Å². The van der Waals surface area contributed by atoms with Crippen molar-refractivity contribution >= 4 is 40.9 Å². The summed E-state index contributed by atoms with van der Waals surface area (Å²) in [7, 11) is 3.22. The zero-order chi connectivity index (χ0) is 26.5. The lowest BCUT2D eigenvalue weighted by atomic mass is 10.0. The molecule has 0 aliphatic rings. The van der Waals surface area contributed by atoms with Crippen LogP contribution in [-0.2, 0) is 4.79 Å². The van der Waals surface area contributed by atoms with E-state index in [1.54, 1.807) is 21.1 Å². The van der Waals surface area contributed by atoms with Crippen LogP contribution in [0.15, 0.2) is 71.9 Å². The number of H-pyrrole nitrogens is 1. The molecule has 0 fully saturated rings. The van der Waals surface area contributed by atoms with Gasteiger partial charge >= 0.3 is 5.97 Å². The molecule has 1 heterocycles. The summed E-state index contributed by atoms with van der Waals surface area (Å²) in [6, 6.07) is 19.3. The molecule has 8 nitrogen and oxygen atoms in total. The first-order chi connectivity index (χ1) is 17.8. The Balaban J connectivity index is 1.61. The van der Waals surface area contributed by atoms with E-state index in [2.05, 4.69) is 10.3 Å². The number of nitrogens with zero attached hydrogens (tertiary/aromatic N) is 1. The molecule has 0 aliphatic carbocycles. The van der Waals surface area contributed by atoms with Gasteiger partial charge in [-0.3, -0.25) is 4.79 Å². The molecule has 37 heavy (non-hydrogen) atoms. The molecule has 190 valence electrons. The number of amides is 1. The number of carbonyl (C=O) groups excluding carboxylic acids is 1. The summed E-state index contributed by atoms with van der Waals surface area (Å²) in [5, 5.41) is 12.2. The molecule has 0 spiro atoms. The third-order valence-electron chi connectivity index (χ3n) is 5.55. The molecule has 1 atom stereocenters. The predicted molar refractivity (Wildman–Crippen MR) is 145 cm³/mol. The molecule has 4 aromatic rings. The highest BCUT2D eigenvalue weighted by Crippen LogP contribution is 2.35. The highest BCUT2D eigenvalue weighted by Gasteiger charge is 2.21. The number of carboxylic acids is 1. The number of aromatic carboxylic acids is 1.